The molecule has 0 saturated carbocycles. The third-order valence-corrected chi connectivity index (χ3v) is 7.59. The highest BCUT2D eigenvalue weighted by atomic mass is 32.1. The molecule has 5 heterocycles. The topological polar surface area (TPSA) is 110 Å². The summed E-state index contributed by atoms with van der Waals surface area (Å²) in [6, 6.07) is 9.62. The second-order valence-corrected chi connectivity index (χ2v) is 10.2. The van der Waals surface area contributed by atoms with Crippen molar-refractivity contribution in [3.8, 4) is 27.7 Å². The first-order valence-corrected chi connectivity index (χ1v) is 14.2. The largest absolute Gasteiger partial charge is 0.477 e. The van der Waals surface area contributed by atoms with Gasteiger partial charge < -0.3 is 10.1 Å². The number of ether oxygens (including phenoxy) is 1. The van der Waals surface area contributed by atoms with Gasteiger partial charge in [0, 0.05) is 55.4 Å². The molecular weight excluding hydrogens is 524 g/mol. The third kappa shape index (κ3) is 6.32. The Morgan fingerprint density at radius 2 is 2.00 bits per heavy atom. The molecule has 5 aromatic rings. The Morgan fingerprint density at radius 1 is 1.12 bits per heavy atom. The number of aromatic nitrogens is 6. The summed E-state index contributed by atoms with van der Waals surface area (Å²) in [4.78, 5) is 34.7. The maximum Gasteiger partial charge on any atom is 0.251 e. The summed E-state index contributed by atoms with van der Waals surface area (Å²) in [5, 5.41) is 9.58. The molecule has 0 fully saturated rings. The van der Waals surface area contributed by atoms with Gasteiger partial charge in [0.15, 0.2) is 5.65 Å². The quantitative estimate of drug-likeness (QED) is 0.241. The van der Waals surface area contributed by atoms with E-state index in [2.05, 4.69) is 46.1 Å². The van der Waals surface area contributed by atoms with Crippen LogP contribution in [-0.4, -0.2) is 72.6 Å². The SMILES string of the molecule is CCN(CC)[C@@H](C)CNC(=O)c1cc(OCCc2cnccn2)nc(-c2cnn3ccc(-c4cccs4)nc23)c1. The van der Waals surface area contributed by atoms with E-state index in [4.69, 9.17) is 14.7 Å². The number of carbonyl (C=O) groups is 1. The lowest BCUT2D eigenvalue weighted by Crippen LogP contribution is -2.42. The predicted molar refractivity (Wildman–Crippen MR) is 155 cm³/mol. The molecule has 0 aliphatic heterocycles. The van der Waals surface area contributed by atoms with Crippen molar-refractivity contribution in [1.29, 1.82) is 0 Å². The number of nitrogens with zero attached hydrogens (tertiary/aromatic N) is 7. The summed E-state index contributed by atoms with van der Waals surface area (Å²) in [6.45, 7) is 9.07. The Balaban J connectivity index is 1.45. The summed E-state index contributed by atoms with van der Waals surface area (Å²) in [6.07, 6.45) is 9.15. The van der Waals surface area contributed by atoms with Gasteiger partial charge in [-0.25, -0.2) is 14.5 Å². The number of hydrogen-bond acceptors (Lipinski definition) is 9. The van der Waals surface area contributed by atoms with Crippen molar-refractivity contribution in [2.75, 3.05) is 26.2 Å². The molecule has 0 aliphatic carbocycles. The zero-order chi connectivity index (χ0) is 27.9. The van der Waals surface area contributed by atoms with Crippen LogP contribution in [0.15, 0.2) is 66.7 Å². The number of carbonyl (C=O) groups excluding carboxylic acids is 1. The monoisotopic (exact) mass is 556 g/mol. The van der Waals surface area contributed by atoms with Crippen LogP contribution in [0.5, 0.6) is 5.88 Å². The van der Waals surface area contributed by atoms with E-state index in [0.29, 0.717) is 47.9 Å². The number of likely N-dealkylation sites (N-methyl/N-ethyl adjacent to an activating group) is 1. The van der Waals surface area contributed by atoms with Crippen LogP contribution in [0.2, 0.25) is 0 Å². The van der Waals surface area contributed by atoms with Crippen LogP contribution in [0.4, 0.5) is 0 Å². The van der Waals surface area contributed by atoms with Crippen LogP contribution in [0, 0.1) is 0 Å². The van der Waals surface area contributed by atoms with Gasteiger partial charge in [-0.05, 0) is 43.6 Å². The molecule has 0 saturated heterocycles. The van der Waals surface area contributed by atoms with E-state index in [1.54, 1.807) is 52.8 Å². The zero-order valence-electron chi connectivity index (χ0n) is 22.8. The van der Waals surface area contributed by atoms with Crippen molar-refractivity contribution in [3.05, 3.63) is 78.0 Å². The van der Waals surface area contributed by atoms with Gasteiger partial charge in [0.25, 0.3) is 5.91 Å². The lowest BCUT2D eigenvalue weighted by Gasteiger charge is -2.26. The first-order chi connectivity index (χ1) is 19.6. The Morgan fingerprint density at radius 3 is 2.75 bits per heavy atom. The molecule has 1 atom stereocenters. The molecule has 10 nitrogen and oxygen atoms in total. The molecule has 5 aromatic heterocycles. The van der Waals surface area contributed by atoms with Crippen LogP contribution in [0.1, 0.15) is 36.8 Å². The summed E-state index contributed by atoms with van der Waals surface area (Å²) in [7, 11) is 0. The lowest BCUT2D eigenvalue weighted by molar-refractivity contribution is 0.0937. The third-order valence-electron chi connectivity index (χ3n) is 6.70. The number of pyridine rings is 1. The molecule has 1 amide bonds. The van der Waals surface area contributed by atoms with E-state index in [1.165, 1.54) is 0 Å². The summed E-state index contributed by atoms with van der Waals surface area (Å²) >= 11 is 1.62. The van der Waals surface area contributed by atoms with Gasteiger partial charge in [-0.2, -0.15) is 5.10 Å². The van der Waals surface area contributed by atoms with Crippen molar-refractivity contribution in [2.24, 2.45) is 0 Å². The van der Waals surface area contributed by atoms with E-state index in [-0.39, 0.29) is 11.9 Å². The van der Waals surface area contributed by atoms with E-state index >= 15 is 0 Å². The van der Waals surface area contributed by atoms with E-state index in [9.17, 15) is 4.79 Å². The van der Waals surface area contributed by atoms with Gasteiger partial charge in [0.1, 0.15) is 0 Å². The van der Waals surface area contributed by atoms with Crippen molar-refractivity contribution in [3.63, 3.8) is 0 Å². The molecule has 206 valence electrons. The highest BCUT2D eigenvalue weighted by molar-refractivity contribution is 7.13. The molecular formula is C29H32N8O2S. The van der Waals surface area contributed by atoms with Crippen molar-refractivity contribution in [1.82, 2.24) is 39.8 Å². The fourth-order valence-corrected chi connectivity index (χ4v) is 5.19. The molecule has 0 spiro atoms. The number of nitrogens with one attached hydrogen (secondary N) is 1. The van der Waals surface area contributed by atoms with Gasteiger partial charge in [-0.15, -0.1) is 11.3 Å². The molecule has 0 aliphatic rings. The molecule has 40 heavy (non-hydrogen) atoms. The number of hydrogen-bond donors (Lipinski definition) is 1. The number of fused-ring (bicyclic) bond motifs is 1. The highest BCUT2D eigenvalue weighted by Gasteiger charge is 2.18. The van der Waals surface area contributed by atoms with Crippen molar-refractivity contribution in [2.45, 2.75) is 33.2 Å². The maximum absolute atomic E-state index is 13.3. The van der Waals surface area contributed by atoms with Crippen molar-refractivity contribution >= 4 is 22.9 Å². The Kier molecular flexibility index (Phi) is 8.72. The standard InChI is InChI=1S/C29H32N8O2S/c1-4-36(5-2)20(3)17-32-29(38)21-15-25(34-27(16-21)39-13-9-22-18-30-10-11-31-22)23-19-33-37-12-8-24(35-28(23)37)26-7-6-14-40-26/h6-8,10-12,14-16,18-20H,4-5,9,13,17H2,1-3H3,(H,32,38)/t20-/m0/s1. The molecule has 0 unspecified atom stereocenters. The van der Waals surface area contributed by atoms with Crippen molar-refractivity contribution < 1.29 is 9.53 Å². The molecule has 0 radical (unpaired) electrons. The minimum absolute atomic E-state index is 0.190. The van der Waals surface area contributed by atoms with Gasteiger partial charge in [-0.3, -0.25) is 19.7 Å². The van der Waals surface area contributed by atoms with Crippen LogP contribution in [0.25, 0.3) is 27.5 Å². The molecule has 0 aromatic carbocycles. The smallest absolute Gasteiger partial charge is 0.251 e. The minimum atomic E-state index is -0.190. The van der Waals surface area contributed by atoms with Gasteiger partial charge in [0.05, 0.1) is 40.3 Å². The second kappa shape index (κ2) is 12.8. The van der Waals surface area contributed by atoms with E-state index in [1.807, 2.05) is 29.8 Å². The van der Waals surface area contributed by atoms with Gasteiger partial charge in [0.2, 0.25) is 5.88 Å². The fraction of sp³-hybridized carbons (Fsp3) is 0.310. The first kappa shape index (κ1) is 27.4. The first-order valence-electron chi connectivity index (χ1n) is 13.4. The van der Waals surface area contributed by atoms with E-state index < -0.39 is 0 Å². The Labute approximate surface area is 237 Å². The second-order valence-electron chi connectivity index (χ2n) is 9.27. The summed E-state index contributed by atoms with van der Waals surface area (Å²) in [5.74, 6) is 0.155. The average molecular weight is 557 g/mol. The Hall–Kier alpha value is -4.22. The Bertz CT molecular complexity index is 1550. The molecule has 5 rings (SSSR count). The summed E-state index contributed by atoms with van der Waals surface area (Å²) < 4.78 is 7.73. The van der Waals surface area contributed by atoms with Crippen LogP contribution in [-0.2, 0) is 6.42 Å². The van der Waals surface area contributed by atoms with Gasteiger partial charge in [-0.1, -0.05) is 19.9 Å². The number of rotatable bonds is 12. The molecule has 11 heteroatoms. The predicted octanol–water partition coefficient (Wildman–Crippen LogP) is 4.39. The van der Waals surface area contributed by atoms with Crippen LogP contribution >= 0.6 is 11.3 Å². The summed E-state index contributed by atoms with van der Waals surface area (Å²) in [5.41, 5.74) is 4.05. The highest BCUT2D eigenvalue weighted by Crippen LogP contribution is 2.28. The fourth-order valence-electron chi connectivity index (χ4n) is 4.50. The van der Waals surface area contributed by atoms with Gasteiger partial charge >= 0.3 is 0 Å². The van der Waals surface area contributed by atoms with Crippen LogP contribution in [0.3, 0.4) is 0 Å². The lowest BCUT2D eigenvalue weighted by atomic mass is 10.1. The number of amides is 1. The zero-order valence-corrected chi connectivity index (χ0v) is 23.6. The molecule has 1 N–H and O–H groups in total. The van der Waals surface area contributed by atoms with E-state index in [0.717, 1.165) is 29.4 Å². The number of thiophene rings is 1. The van der Waals surface area contributed by atoms with Crippen LogP contribution < -0.4 is 10.1 Å². The minimum Gasteiger partial charge on any atom is -0.477 e. The average Bonchev–Trinajstić information content (AvgIpc) is 3.67. The maximum atomic E-state index is 13.3. The normalized spacial score (nSPS) is 12.1. The molecule has 0 bridgehead atoms.